The molecule has 2 bridgehead atoms. The third-order valence-electron chi connectivity index (χ3n) is 5.78. The molecule has 2 heterocycles. The Morgan fingerprint density at radius 3 is 2.54 bits per heavy atom. The van der Waals surface area contributed by atoms with Crippen LogP contribution >= 0.6 is 0 Å². The summed E-state index contributed by atoms with van der Waals surface area (Å²) in [5, 5.41) is 16.9. The van der Waals surface area contributed by atoms with Gasteiger partial charge in [0.2, 0.25) is 0 Å². The Bertz CT molecular complexity index is 472. The van der Waals surface area contributed by atoms with Gasteiger partial charge >= 0.3 is 6.03 Å². The number of hydrogen-bond donors (Lipinski definition) is 3. The van der Waals surface area contributed by atoms with E-state index in [1.54, 1.807) is 0 Å². The number of ether oxygens (including phenoxy) is 2. The quantitative estimate of drug-likeness (QED) is 0.609. The van der Waals surface area contributed by atoms with Crippen LogP contribution in [0.5, 0.6) is 0 Å². The third kappa shape index (κ3) is 4.67. The minimum Gasteiger partial charge on any atom is -0.389 e. The normalized spacial score (nSPS) is 35.1. The molecule has 8 nitrogen and oxygen atoms in total. The molecule has 0 aromatic carbocycles. The van der Waals surface area contributed by atoms with Crippen LogP contribution in [0.3, 0.4) is 0 Å². The van der Waals surface area contributed by atoms with E-state index in [0.717, 1.165) is 38.8 Å². The van der Waals surface area contributed by atoms with Gasteiger partial charge in [-0.3, -0.25) is 4.90 Å². The van der Waals surface area contributed by atoms with Crippen LogP contribution in [0.2, 0.25) is 0 Å². The monoisotopic (exact) mass is 370 g/mol. The molecule has 8 heteroatoms. The highest BCUT2D eigenvalue weighted by Gasteiger charge is 2.52. The zero-order valence-electron chi connectivity index (χ0n) is 16.2. The Morgan fingerprint density at radius 1 is 1.12 bits per heavy atom. The SMILES string of the molecule is CN(C)CCN(C)C1C2OCC(O2)C(NC(=O)NC2CCCCC2)C1O. The number of likely N-dealkylation sites (N-methyl/N-ethyl adjacent to an activating group) is 2. The molecule has 3 aliphatic rings. The topological polar surface area (TPSA) is 86.3 Å². The van der Waals surface area contributed by atoms with Crippen molar-refractivity contribution in [1.82, 2.24) is 20.4 Å². The van der Waals surface area contributed by atoms with Gasteiger partial charge in [-0.1, -0.05) is 19.3 Å². The maximum absolute atomic E-state index is 12.4. The van der Waals surface area contributed by atoms with Gasteiger partial charge in [0.25, 0.3) is 0 Å². The van der Waals surface area contributed by atoms with E-state index in [-0.39, 0.29) is 24.2 Å². The van der Waals surface area contributed by atoms with E-state index >= 15 is 0 Å². The van der Waals surface area contributed by atoms with Crippen LogP contribution in [0, 0.1) is 0 Å². The summed E-state index contributed by atoms with van der Waals surface area (Å²) in [7, 11) is 6.00. The number of urea groups is 1. The molecular formula is C18H34N4O4. The molecule has 3 N–H and O–H groups in total. The molecule has 0 aromatic rings. The van der Waals surface area contributed by atoms with E-state index in [0.29, 0.717) is 6.61 Å². The molecule has 150 valence electrons. The fourth-order valence-electron chi connectivity index (χ4n) is 4.18. The number of carbonyl (C=O) groups excluding carboxylic acids is 1. The molecule has 2 amide bonds. The summed E-state index contributed by atoms with van der Waals surface area (Å²) >= 11 is 0. The molecule has 3 fully saturated rings. The molecule has 5 atom stereocenters. The largest absolute Gasteiger partial charge is 0.389 e. The second kappa shape index (κ2) is 8.84. The molecule has 26 heavy (non-hydrogen) atoms. The summed E-state index contributed by atoms with van der Waals surface area (Å²) in [5.74, 6) is 0. The number of hydrogen-bond acceptors (Lipinski definition) is 6. The standard InChI is InChI=1S/C18H34N4O4/c1-21(2)9-10-22(3)15-16(23)14(13-11-25-17(15)26-13)20-18(24)19-12-7-5-4-6-8-12/h12-17,23H,4-11H2,1-3H3,(H2,19,20,24). The third-order valence-corrected chi connectivity index (χ3v) is 5.78. The lowest BCUT2D eigenvalue weighted by molar-refractivity contribution is -0.177. The van der Waals surface area contributed by atoms with E-state index < -0.39 is 18.4 Å². The van der Waals surface area contributed by atoms with Crippen LogP contribution in [-0.2, 0) is 9.47 Å². The maximum Gasteiger partial charge on any atom is 0.315 e. The van der Waals surface area contributed by atoms with Crippen LogP contribution in [-0.4, -0.2) is 98.4 Å². The first-order valence-electron chi connectivity index (χ1n) is 9.83. The summed E-state index contributed by atoms with van der Waals surface area (Å²) in [4.78, 5) is 16.6. The van der Waals surface area contributed by atoms with Crippen molar-refractivity contribution < 1.29 is 19.4 Å². The predicted molar refractivity (Wildman–Crippen MR) is 97.9 cm³/mol. The second-order valence-corrected chi connectivity index (χ2v) is 8.12. The fraction of sp³-hybridized carbons (Fsp3) is 0.944. The maximum atomic E-state index is 12.4. The minimum absolute atomic E-state index is 0.218. The molecule has 3 rings (SSSR count). The predicted octanol–water partition coefficient (Wildman–Crippen LogP) is -0.0351. The van der Waals surface area contributed by atoms with Crippen molar-refractivity contribution in [3.05, 3.63) is 0 Å². The zero-order valence-corrected chi connectivity index (χ0v) is 16.2. The number of rotatable bonds is 6. The van der Waals surface area contributed by atoms with Crippen LogP contribution in [0.1, 0.15) is 32.1 Å². The molecule has 2 aliphatic heterocycles. The molecule has 0 spiro atoms. The Labute approximate surface area is 156 Å². The summed E-state index contributed by atoms with van der Waals surface area (Å²) in [6.45, 7) is 2.05. The van der Waals surface area contributed by atoms with Crippen molar-refractivity contribution in [2.24, 2.45) is 0 Å². The first-order valence-corrected chi connectivity index (χ1v) is 9.83. The lowest BCUT2D eigenvalue weighted by Gasteiger charge is -2.43. The number of nitrogens with one attached hydrogen (secondary N) is 2. The highest BCUT2D eigenvalue weighted by atomic mass is 16.7. The summed E-state index contributed by atoms with van der Waals surface area (Å²) in [6.07, 6.45) is 4.16. The average Bonchev–Trinajstić information content (AvgIpc) is 3.03. The minimum atomic E-state index is -0.731. The van der Waals surface area contributed by atoms with Gasteiger partial charge in [-0.2, -0.15) is 0 Å². The Hall–Kier alpha value is -0.930. The number of fused-ring (bicyclic) bond motifs is 2. The summed E-state index contributed by atoms with van der Waals surface area (Å²) in [5.41, 5.74) is 0. The van der Waals surface area contributed by atoms with Crippen molar-refractivity contribution in [3.8, 4) is 0 Å². The van der Waals surface area contributed by atoms with Crippen molar-refractivity contribution in [2.45, 2.75) is 68.7 Å². The number of carbonyl (C=O) groups is 1. The highest BCUT2D eigenvalue weighted by Crippen LogP contribution is 2.31. The van der Waals surface area contributed by atoms with Gasteiger partial charge in [-0.15, -0.1) is 0 Å². The molecule has 1 saturated carbocycles. The number of aliphatic hydroxyl groups excluding tert-OH is 1. The number of nitrogens with zero attached hydrogens (tertiary/aromatic N) is 2. The lowest BCUT2D eigenvalue weighted by Crippen LogP contribution is -2.66. The van der Waals surface area contributed by atoms with Crippen LogP contribution in [0.25, 0.3) is 0 Å². The molecule has 2 saturated heterocycles. The van der Waals surface area contributed by atoms with Gasteiger partial charge in [0.1, 0.15) is 6.10 Å². The van der Waals surface area contributed by atoms with E-state index in [2.05, 4.69) is 20.4 Å². The summed E-state index contributed by atoms with van der Waals surface area (Å²) in [6, 6.07) is -0.751. The summed E-state index contributed by atoms with van der Waals surface area (Å²) < 4.78 is 11.7. The zero-order chi connectivity index (χ0) is 18.7. The Morgan fingerprint density at radius 2 is 1.85 bits per heavy atom. The van der Waals surface area contributed by atoms with Crippen molar-refractivity contribution in [1.29, 1.82) is 0 Å². The number of amides is 2. The van der Waals surface area contributed by atoms with Gasteiger partial charge in [-0.25, -0.2) is 4.79 Å². The molecule has 0 radical (unpaired) electrons. The van der Waals surface area contributed by atoms with Gasteiger partial charge in [0.15, 0.2) is 6.29 Å². The Balaban J connectivity index is 1.58. The molecule has 5 unspecified atom stereocenters. The average molecular weight is 370 g/mol. The van der Waals surface area contributed by atoms with Gasteiger partial charge in [0, 0.05) is 19.1 Å². The van der Waals surface area contributed by atoms with E-state index in [4.69, 9.17) is 9.47 Å². The van der Waals surface area contributed by atoms with Crippen LogP contribution in [0.4, 0.5) is 4.79 Å². The second-order valence-electron chi connectivity index (χ2n) is 8.12. The molecule has 1 aliphatic carbocycles. The van der Waals surface area contributed by atoms with Gasteiger partial charge in [0.05, 0.1) is 24.8 Å². The van der Waals surface area contributed by atoms with Crippen LogP contribution in [0.15, 0.2) is 0 Å². The van der Waals surface area contributed by atoms with Gasteiger partial charge < -0.3 is 30.1 Å². The first-order chi connectivity index (χ1) is 12.5. The molecule has 0 aromatic heterocycles. The van der Waals surface area contributed by atoms with Crippen molar-refractivity contribution in [3.63, 3.8) is 0 Å². The lowest BCUT2D eigenvalue weighted by atomic mass is 9.94. The molecular weight excluding hydrogens is 336 g/mol. The highest BCUT2D eigenvalue weighted by molar-refractivity contribution is 5.74. The van der Waals surface area contributed by atoms with Crippen molar-refractivity contribution >= 4 is 6.03 Å². The van der Waals surface area contributed by atoms with Crippen molar-refractivity contribution in [2.75, 3.05) is 40.8 Å². The smallest absolute Gasteiger partial charge is 0.315 e. The fourth-order valence-corrected chi connectivity index (χ4v) is 4.18. The van der Waals surface area contributed by atoms with E-state index in [1.807, 2.05) is 21.1 Å². The van der Waals surface area contributed by atoms with E-state index in [1.165, 1.54) is 6.42 Å². The van der Waals surface area contributed by atoms with Crippen LogP contribution < -0.4 is 10.6 Å². The Kier molecular flexibility index (Phi) is 6.74. The number of aliphatic hydroxyl groups is 1. The first kappa shape index (κ1) is 19.8. The van der Waals surface area contributed by atoms with E-state index in [9.17, 15) is 9.90 Å². The van der Waals surface area contributed by atoms with Gasteiger partial charge in [-0.05, 0) is 34.0 Å².